The first kappa shape index (κ1) is 27.9. The van der Waals surface area contributed by atoms with Gasteiger partial charge in [-0.2, -0.15) is 0 Å². The van der Waals surface area contributed by atoms with Gasteiger partial charge >= 0.3 is 0 Å². The lowest BCUT2D eigenvalue weighted by Crippen LogP contribution is -3.07. The zero-order chi connectivity index (χ0) is 20.5. The van der Waals surface area contributed by atoms with Crippen LogP contribution in [0.2, 0.25) is 0 Å². The molecule has 0 aromatic heterocycles. The van der Waals surface area contributed by atoms with Crippen molar-refractivity contribution in [3.05, 3.63) is 5.21 Å². The van der Waals surface area contributed by atoms with E-state index in [9.17, 15) is 5.21 Å². The zero-order valence-electron chi connectivity index (χ0n) is 19.9. The highest BCUT2D eigenvalue weighted by Crippen LogP contribution is 2.12. The Labute approximate surface area is 178 Å². The molecule has 0 aliphatic carbocycles. The van der Waals surface area contributed by atoms with Crippen LogP contribution in [0.3, 0.4) is 0 Å². The summed E-state index contributed by atoms with van der Waals surface area (Å²) in [5.74, 6) is 0. The molecule has 0 fully saturated rings. The molecule has 0 aliphatic rings. The quantitative estimate of drug-likeness (QED) is 0.130. The lowest BCUT2D eigenvalue weighted by molar-refractivity contribution is -0.848. The summed E-state index contributed by atoms with van der Waals surface area (Å²) in [6, 6.07) is 0. The first-order valence-corrected chi connectivity index (χ1v) is 13.3. The predicted octanol–water partition coefficient (Wildman–Crippen LogP) is 7.99. The summed E-state index contributed by atoms with van der Waals surface area (Å²) in [7, 11) is 0. The van der Waals surface area contributed by atoms with Crippen LogP contribution in [0.1, 0.15) is 155 Å². The Morgan fingerprint density at radius 2 is 0.571 bits per heavy atom. The Bertz CT molecular complexity index is 269. The van der Waals surface area contributed by atoms with E-state index in [1.54, 1.807) is 0 Å². The molecule has 170 valence electrons. The molecule has 0 aromatic carbocycles. The van der Waals surface area contributed by atoms with Crippen LogP contribution in [0.25, 0.3) is 0 Å². The van der Waals surface area contributed by atoms with Gasteiger partial charge in [-0.25, -0.2) is 0 Å². The Morgan fingerprint density at radius 3 is 0.821 bits per heavy atom. The van der Waals surface area contributed by atoms with E-state index in [2.05, 4.69) is 13.8 Å². The number of quaternary nitrogens is 1. The maximum Gasteiger partial charge on any atom is 0.0768 e. The van der Waals surface area contributed by atoms with Gasteiger partial charge in [0.1, 0.15) is 0 Å². The molecule has 28 heavy (non-hydrogen) atoms. The van der Waals surface area contributed by atoms with Crippen LogP contribution in [-0.2, 0) is 0 Å². The first-order valence-electron chi connectivity index (χ1n) is 13.3. The molecule has 0 amide bonds. The van der Waals surface area contributed by atoms with E-state index in [4.69, 9.17) is 0 Å². The van der Waals surface area contributed by atoms with Crippen LogP contribution < -0.4 is 5.06 Å². The second kappa shape index (κ2) is 25.0. The summed E-state index contributed by atoms with van der Waals surface area (Å²) in [6.07, 6.45) is 29.9. The maximum atomic E-state index is 12.0. The van der Waals surface area contributed by atoms with Crippen molar-refractivity contribution in [1.29, 1.82) is 0 Å². The zero-order valence-corrected chi connectivity index (χ0v) is 19.9. The van der Waals surface area contributed by atoms with Crippen LogP contribution in [0.4, 0.5) is 0 Å². The fraction of sp³-hybridized carbons (Fsp3) is 1.00. The van der Waals surface area contributed by atoms with Gasteiger partial charge < -0.3 is 10.3 Å². The van der Waals surface area contributed by atoms with Gasteiger partial charge in [0.15, 0.2) is 0 Å². The summed E-state index contributed by atoms with van der Waals surface area (Å²) < 4.78 is 0. The summed E-state index contributed by atoms with van der Waals surface area (Å²) in [5, 5.41) is 12.5. The summed E-state index contributed by atoms with van der Waals surface area (Å²) in [5.41, 5.74) is 0. The van der Waals surface area contributed by atoms with Gasteiger partial charge in [-0.1, -0.05) is 129 Å². The molecule has 0 saturated heterocycles. The van der Waals surface area contributed by atoms with Crippen molar-refractivity contribution in [2.24, 2.45) is 0 Å². The number of hydrogen-bond acceptors (Lipinski definition) is 1. The molecule has 0 bridgehead atoms. The molecule has 0 aliphatic heterocycles. The van der Waals surface area contributed by atoms with E-state index in [-0.39, 0.29) is 0 Å². The second-order valence-corrected chi connectivity index (χ2v) is 9.11. The van der Waals surface area contributed by atoms with Gasteiger partial charge in [0.05, 0.1) is 13.1 Å². The van der Waals surface area contributed by atoms with Gasteiger partial charge in [0, 0.05) is 0 Å². The molecule has 0 heterocycles. The lowest BCUT2D eigenvalue weighted by Gasteiger charge is -2.22. The van der Waals surface area contributed by atoms with E-state index in [0.717, 1.165) is 25.9 Å². The molecule has 2 heteroatoms. The predicted molar refractivity (Wildman–Crippen MR) is 127 cm³/mol. The van der Waals surface area contributed by atoms with Crippen LogP contribution in [0.15, 0.2) is 0 Å². The lowest BCUT2D eigenvalue weighted by atomic mass is 10.1. The van der Waals surface area contributed by atoms with Crippen molar-refractivity contribution in [3.63, 3.8) is 0 Å². The Morgan fingerprint density at radius 1 is 0.357 bits per heavy atom. The Balaban J connectivity index is 3.12. The third kappa shape index (κ3) is 24.0. The number of hydroxylamine groups is 2. The minimum Gasteiger partial charge on any atom is -0.634 e. The van der Waals surface area contributed by atoms with Gasteiger partial charge in [-0.05, 0) is 25.7 Å². The average molecular weight is 398 g/mol. The summed E-state index contributed by atoms with van der Waals surface area (Å²) in [4.78, 5) is 0. The largest absolute Gasteiger partial charge is 0.634 e. The molecular formula is C26H55NO. The second-order valence-electron chi connectivity index (χ2n) is 9.11. The van der Waals surface area contributed by atoms with Crippen molar-refractivity contribution in [2.45, 2.75) is 155 Å². The monoisotopic (exact) mass is 397 g/mol. The molecule has 0 aromatic rings. The molecule has 0 spiro atoms. The highest BCUT2D eigenvalue weighted by Gasteiger charge is 1.99. The van der Waals surface area contributed by atoms with Crippen molar-refractivity contribution in [2.75, 3.05) is 13.1 Å². The van der Waals surface area contributed by atoms with Crippen LogP contribution in [-0.4, -0.2) is 13.1 Å². The van der Waals surface area contributed by atoms with Gasteiger partial charge in [0.25, 0.3) is 0 Å². The molecule has 0 radical (unpaired) electrons. The smallest absolute Gasteiger partial charge is 0.0768 e. The van der Waals surface area contributed by atoms with E-state index in [1.807, 2.05) is 0 Å². The van der Waals surface area contributed by atoms with Gasteiger partial charge in [0.2, 0.25) is 0 Å². The highest BCUT2D eigenvalue weighted by atomic mass is 16.5. The third-order valence-corrected chi connectivity index (χ3v) is 6.12. The molecule has 2 nitrogen and oxygen atoms in total. The fourth-order valence-electron chi connectivity index (χ4n) is 4.10. The van der Waals surface area contributed by atoms with Crippen LogP contribution in [0, 0.1) is 5.21 Å². The normalized spacial score (nSPS) is 12.5. The van der Waals surface area contributed by atoms with E-state index < -0.39 is 0 Å². The van der Waals surface area contributed by atoms with E-state index in [1.165, 1.54) is 128 Å². The Kier molecular flexibility index (Phi) is 24.9. The summed E-state index contributed by atoms with van der Waals surface area (Å²) in [6.45, 7) is 6.24. The minimum atomic E-state index is 0.520. The number of rotatable bonds is 24. The van der Waals surface area contributed by atoms with Crippen molar-refractivity contribution >= 4 is 0 Å². The van der Waals surface area contributed by atoms with Gasteiger partial charge in [-0.15, -0.1) is 0 Å². The van der Waals surface area contributed by atoms with Gasteiger partial charge in [-0.3, -0.25) is 0 Å². The molecule has 0 rings (SSSR count). The van der Waals surface area contributed by atoms with Crippen molar-refractivity contribution in [3.8, 4) is 0 Å². The Hall–Kier alpha value is -0.0800. The van der Waals surface area contributed by atoms with Crippen molar-refractivity contribution < 1.29 is 5.06 Å². The average Bonchev–Trinajstić information content (AvgIpc) is 2.70. The number of hydrogen-bond donors (Lipinski definition) is 1. The third-order valence-electron chi connectivity index (χ3n) is 6.12. The van der Waals surface area contributed by atoms with E-state index >= 15 is 0 Å². The highest BCUT2D eigenvalue weighted by molar-refractivity contribution is 4.49. The molecule has 1 N–H and O–H groups in total. The minimum absolute atomic E-state index is 0.520. The topological polar surface area (TPSA) is 27.5 Å². The molecular weight excluding hydrogens is 342 g/mol. The molecule has 1 unspecified atom stereocenters. The van der Waals surface area contributed by atoms with Crippen LogP contribution >= 0.6 is 0 Å². The van der Waals surface area contributed by atoms with E-state index in [0.29, 0.717) is 5.06 Å². The SMILES string of the molecule is CCCCCCCCCCCCCC[NH+]([O-])CCCCCCCCCCCC. The fourth-order valence-corrected chi connectivity index (χ4v) is 4.10. The number of unbranched alkanes of at least 4 members (excludes halogenated alkanes) is 20. The molecule has 0 saturated carbocycles. The maximum absolute atomic E-state index is 12.0. The van der Waals surface area contributed by atoms with Crippen LogP contribution in [0.5, 0.6) is 0 Å². The number of nitrogens with one attached hydrogen (secondary N) is 1. The molecule has 1 atom stereocenters. The standard InChI is InChI=1S/C26H55NO/c1-3-5-7-9-11-13-15-16-18-20-22-24-26-27(28)25-23-21-19-17-14-12-10-8-6-4-2/h27H,3-26H2,1-2H3. The van der Waals surface area contributed by atoms with Crippen molar-refractivity contribution in [1.82, 2.24) is 0 Å². The first-order chi connectivity index (χ1) is 13.8. The summed E-state index contributed by atoms with van der Waals surface area (Å²) >= 11 is 0.